The molecule has 0 aliphatic heterocycles. The summed E-state index contributed by atoms with van der Waals surface area (Å²) in [5, 5.41) is 0. The molecule has 0 heterocycles. The number of hydrogen-bond acceptors (Lipinski definition) is 4. The van der Waals surface area contributed by atoms with E-state index in [2.05, 4.69) is 23.8 Å². The summed E-state index contributed by atoms with van der Waals surface area (Å²) in [5.41, 5.74) is 7.61. The summed E-state index contributed by atoms with van der Waals surface area (Å²) in [6.45, 7) is 2.96. The lowest BCUT2D eigenvalue weighted by molar-refractivity contribution is 0.178. The van der Waals surface area contributed by atoms with Crippen molar-refractivity contribution in [3.63, 3.8) is 0 Å². The largest absolute Gasteiger partial charge is 0.497 e. The molecule has 0 aliphatic carbocycles. The Morgan fingerprint density at radius 2 is 2.10 bits per heavy atom. The van der Waals surface area contributed by atoms with Crippen molar-refractivity contribution in [3.8, 4) is 17.6 Å². The third kappa shape index (κ3) is 5.62. The molecule has 110 valence electrons. The number of rotatable bonds is 7. The third-order valence-electron chi connectivity index (χ3n) is 2.97. The second-order valence-corrected chi connectivity index (χ2v) is 4.61. The van der Waals surface area contributed by atoms with Crippen molar-refractivity contribution in [2.45, 2.75) is 13.0 Å². The van der Waals surface area contributed by atoms with E-state index in [9.17, 15) is 0 Å². The van der Waals surface area contributed by atoms with Crippen LogP contribution in [0.4, 0.5) is 0 Å². The molecule has 1 rings (SSSR count). The molecular weight excluding hydrogens is 252 g/mol. The summed E-state index contributed by atoms with van der Waals surface area (Å²) in [6.07, 6.45) is 1.01. The minimum absolute atomic E-state index is 0.370. The Hall–Kier alpha value is -1.54. The van der Waals surface area contributed by atoms with Crippen LogP contribution in [0.5, 0.6) is 5.75 Å². The topological polar surface area (TPSA) is 47.7 Å². The Kier molecular flexibility index (Phi) is 7.74. The predicted octanol–water partition coefficient (Wildman–Crippen LogP) is 1.47. The molecule has 0 radical (unpaired) electrons. The van der Waals surface area contributed by atoms with Gasteiger partial charge in [-0.1, -0.05) is 11.8 Å². The zero-order valence-corrected chi connectivity index (χ0v) is 12.6. The molecule has 0 saturated heterocycles. The fourth-order valence-electron chi connectivity index (χ4n) is 1.94. The van der Waals surface area contributed by atoms with E-state index in [1.807, 2.05) is 18.2 Å². The molecule has 1 aromatic carbocycles. The van der Waals surface area contributed by atoms with Gasteiger partial charge in [0, 0.05) is 32.4 Å². The van der Waals surface area contributed by atoms with Crippen LogP contribution in [0, 0.1) is 11.8 Å². The number of ether oxygens (including phenoxy) is 2. The van der Waals surface area contributed by atoms with Crippen molar-refractivity contribution < 1.29 is 9.47 Å². The summed E-state index contributed by atoms with van der Waals surface area (Å²) in [7, 11) is 5.49. The average Bonchev–Trinajstić information content (AvgIpc) is 2.46. The molecule has 0 aromatic heterocycles. The van der Waals surface area contributed by atoms with Crippen LogP contribution in [-0.2, 0) is 11.3 Å². The maximum absolute atomic E-state index is 5.44. The molecule has 1 aromatic rings. The van der Waals surface area contributed by atoms with Gasteiger partial charge in [0.05, 0.1) is 13.7 Å². The summed E-state index contributed by atoms with van der Waals surface area (Å²) < 4.78 is 10.4. The number of benzene rings is 1. The van der Waals surface area contributed by atoms with Crippen molar-refractivity contribution >= 4 is 0 Å². The Balaban J connectivity index is 2.78. The lowest BCUT2D eigenvalue weighted by Crippen LogP contribution is -2.20. The fraction of sp³-hybridized carbons (Fsp3) is 0.500. The van der Waals surface area contributed by atoms with Gasteiger partial charge in [0.25, 0.3) is 0 Å². The molecule has 20 heavy (non-hydrogen) atoms. The number of methoxy groups -OCH3 is 2. The van der Waals surface area contributed by atoms with E-state index < -0.39 is 0 Å². The summed E-state index contributed by atoms with van der Waals surface area (Å²) >= 11 is 0. The van der Waals surface area contributed by atoms with Gasteiger partial charge in [-0.3, -0.25) is 0 Å². The highest BCUT2D eigenvalue weighted by molar-refractivity contribution is 5.45. The number of hydrogen-bond donors (Lipinski definition) is 1. The summed E-state index contributed by atoms with van der Waals surface area (Å²) in [4.78, 5) is 2.25. The van der Waals surface area contributed by atoms with Gasteiger partial charge in [0.15, 0.2) is 0 Å². The van der Waals surface area contributed by atoms with Crippen LogP contribution < -0.4 is 10.5 Å². The van der Waals surface area contributed by atoms with Gasteiger partial charge in [-0.15, -0.1) is 0 Å². The molecule has 4 heteroatoms. The van der Waals surface area contributed by atoms with Gasteiger partial charge < -0.3 is 20.1 Å². The molecule has 0 unspecified atom stereocenters. The first-order chi connectivity index (χ1) is 9.71. The van der Waals surface area contributed by atoms with Crippen LogP contribution in [0.15, 0.2) is 18.2 Å². The lowest BCUT2D eigenvalue weighted by atomic mass is 10.1. The van der Waals surface area contributed by atoms with E-state index in [0.717, 1.165) is 43.0 Å². The first kappa shape index (κ1) is 16.5. The van der Waals surface area contributed by atoms with E-state index in [4.69, 9.17) is 15.2 Å². The van der Waals surface area contributed by atoms with Crippen LogP contribution in [0.1, 0.15) is 17.5 Å². The van der Waals surface area contributed by atoms with E-state index in [0.29, 0.717) is 6.54 Å². The highest BCUT2D eigenvalue weighted by Gasteiger charge is 2.06. The molecule has 0 aliphatic rings. The quantitative estimate of drug-likeness (QED) is 0.605. The normalized spacial score (nSPS) is 10.2. The first-order valence-electron chi connectivity index (χ1n) is 6.74. The number of nitrogens with two attached hydrogens (primary N) is 1. The van der Waals surface area contributed by atoms with Crippen molar-refractivity contribution in [1.82, 2.24) is 4.90 Å². The molecule has 2 N–H and O–H groups in total. The Labute approximate surface area is 121 Å². The zero-order chi connectivity index (χ0) is 14.8. The Morgan fingerprint density at radius 3 is 2.75 bits per heavy atom. The maximum Gasteiger partial charge on any atom is 0.119 e. The third-order valence-corrected chi connectivity index (χ3v) is 2.97. The molecule has 0 saturated carbocycles. The van der Waals surface area contributed by atoms with Gasteiger partial charge in [0.2, 0.25) is 0 Å². The highest BCUT2D eigenvalue weighted by Crippen LogP contribution is 2.18. The Bertz CT molecular complexity index is 463. The van der Waals surface area contributed by atoms with Gasteiger partial charge in [-0.05, 0) is 37.2 Å². The van der Waals surface area contributed by atoms with Crippen LogP contribution in [-0.4, -0.2) is 45.9 Å². The van der Waals surface area contributed by atoms with Crippen molar-refractivity contribution in [1.29, 1.82) is 0 Å². The van der Waals surface area contributed by atoms with Crippen LogP contribution in [0.2, 0.25) is 0 Å². The van der Waals surface area contributed by atoms with Gasteiger partial charge >= 0.3 is 0 Å². The monoisotopic (exact) mass is 276 g/mol. The van der Waals surface area contributed by atoms with Crippen molar-refractivity contribution in [2.75, 3.05) is 41.0 Å². The van der Waals surface area contributed by atoms with Crippen LogP contribution >= 0.6 is 0 Å². The van der Waals surface area contributed by atoms with Crippen LogP contribution in [0.25, 0.3) is 0 Å². The summed E-state index contributed by atoms with van der Waals surface area (Å²) in [5.74, 6) is 6.87. The minimum Gasteiger partial charge on any atom is -0.497 e. The van der Waals surface area contributed by atoms with E-state index >= 15 is 0 Å². The van der Waals surface area contributed by atoms with Crippen molar-refractivity contribution in [3.05, 3.63) is 29.3 Å². The van der Waals surface area contributed by atoms with E-state index in [1.165, 1.54) is 0 Å². The van der Waals surface area contributed by atoms with E-state index in [-0.39, 0.29) is 0 Å². The smallest absolute Gasteiger partial charge is 0.119 e. The van der Waals surface area contributed by atoms with Gasteiger partial charge in [0.1, 0.15) is 5.75 Å². The SMILES string of the molecule is COCCCN(C)Cc1cc(OC)ccc1C#CCN. The predicted molar refractivity (Wildman–Crippen MR) is 81.8 cm³/mol. The Morgan fingerprint density at radius 1 is 1.30 bits per heavy atom. The average molecular weight is 276 g/mol. The molecule has 0 atom stereocenters. The molecule has 0 fully saturated rings. The van der Waals surface area contributed by atoms with Gasteiger partial charge in [-0.25, -0.2) is 0 Å². The first-order valence-corrected chi connectivity index (χ1v) is 6.74. The van der Waals surface area contributed by atoms with Crippen LogP contribution in [0.3, 0.4) is 0 Å². The molecule has 0 amide bonds. The number of nitrogens with zero attached hydrogens (tertiary/aromatic N) is 1. The zero-order valence-electron chi connectivity index (χ0n) is 12.6. The van der Waals surface area contributed by atoms with E-state index in [1.54, 1.807) is 14.2 Å². The van der Waals surface area contributed by atoms with Gasteiger partial charge in [-0.2, -0.15) is 0 Å². The fourth-order valence-corrected chi connectivity index (χ4v) is 1.94. The molecule has 0 bridgehead atoms. The summed E-state index contributed by atoms with van der Waals surface area (Å²) in [6, 6.07) is 5.95. The highest BCUT2D eigenvalue weighted by atomic mass is 16.5. The second kappa shape index (κ2) is 9.38. The molecule has 4 nitrogen and oxygen atoms in total. The standard InChI is InChI=1S/C16H24N2O2/c1-18(10-5-11-19-2)13-15-12-16(20-3)8-7-14(15)6-4-9-17/h7-8,12H,5,9-11,13,17H2,1-3H3. The lowest BCUT2D eigenvalue weighted by Gasteiger charge is -2.18. The molecule has 0 spiro atoms. The maximum atomic E-state index is 5.44. The van der Waals surface area contributed by atoms with Crippen molar-refractivity contribution in [2.24, 2.45) is 5.73 Å². The molecular formula is C16H24N2O2. The second-order valence-electron chi connectivity index (χ2n) is 4.61. The minimum atomic E-state index is 0.370.